The van der Waals surface area contributed by atoms with E-state index in [0.29, 0.717) is 13.1 Å². The van der Waals surface area contributed by atoms with Crippen LogP contribution in [-0.2, 0) is 11.3 Å². The molecule has 0 radical (unpaired) electrons. The van der Waals surface area contributed by atoms with Crippen molar-refractivity contribution in [3.63, 3.8) is 0 Å². The second kappa shape index (κ2) is 8.60. The molecule has 4 heteroatoms. The summed E-state index contributed by atoms with van der Waals surface area (Å²) in [6, 6.07) is 24.5. The zero-order valence-electron chi connectivity index (χ0n) is 14.3. The van der Waals surface area contributed by atoms with Crippen LogP contribution in [0, 0.1) is 0 Å². The molecule has 0 saturated carbocycles. The van der Waals surface area contributed by atoms with Crippen LogP contribution in [0.2, 0.25) is 0 Å². The Balaban J connectivity index is 1.64. The molecule has 0 aliphatic carbocycles. The predicted molar refractivity (Wildman–Crippen MR) is 104 cm³/mol. The van der Waals surface area contributed by atoms with Crippen molar-refractivity contribution in [3.8, 4) is 0 Å². The van der Waals surface area contributed by atoms with Crippen LogP contribution in [0.15, 0.2) is 78.2 Å². The van der Waals surface area contributed by atoms with Gasteiger partial charge in [-0.25, -0.2) is 0 Å². The molecule has 0 spiro atoms. The van der Waals surface area contributed by atoms with Gasteiger partial charge in [-0.05, 0) is 22.6 Å². The van der Waals surface area contributed by atoms with E-state index >= 15 is 0 Å². The Bertz CT molecular complexity index is 772. The standard InChI is InChI=1S/C21H22N2OS/c1-23(16-17-9-4-2-5-10-17)20(24)15-22-21(19-13-8-14-25-19)18-11-6-3-7-12-18/h2-14,21-22H,15-16H2,1H3/t21-/m0/s1. The van der Waals surface area contributed by atoms with Crippen molar-refractivity contribution in [1.29, 1.82) is 0 Å². The first-order valence-electron chi connectivity index (χ1n) is 8.33. The summed E-state index contributed by atoms with van der Waals surface area (Å²) >= 11 is 1.70. The van der Waals surface area contributed by atoms with Crippen molar-refractivity contribution in [3.05, 3.63) is 94.2 Å². The van der Waals surface area contributed by atoms with Gasteiger partial charge in [0, 0.05) is 18.5 Å². The minimum Gasteiger partial charge on any atom is -0.340 e. The molecule has 3 rings (SSSR count). The highest BCUT2D eigenvalue weighted by Gasteiger charge is 2.17. The molecule has 3 nitrogen and oxygen atoms in total. The van der Waals surface area contributed by atoms with Gasteiger partial charge in [-0.3, -0.25) is 10.1 Å². The Labute approximate surface area is 152 Å². The fourth-order valence-electron chi connectivity index (χ4n) is 2.75. The summed E-state index contributed by atoms with van der Waals surface area (Å²) in [4.78, 5) is 15.5. The van der Waals surface area contributed by atoms with E-state index in [1.807, 2.05) is 61.6 Å². The van der Waals surface area contributed by atoms with E-state index in [2.05, 4.69) is 28.9 Å². The Morgan fingerprint density at radius 3 is 2.32 bits per heavy atom. The Hall–Kier alpha value is -2.43. The molecule has 1 heterocycles. The minimum absolute atomic E-state index is 0.0373. The highest BCUT2D eigenvalue weighted by Crippen LogP contribution is 2.25. The van der Waals surface area contributed by atoms with Crippen molar-refractivity contribution >= 4 is 17.2 Å². The SMILES string of the molecule is CN(Cc1ccccc1)C(=O)CN[C@@H](c1ccccc1)c1cccs1. The maximum Gasteiger partial charge on any atom is 0.236 e. The third-order valence-corrected chi connectivity index (χ3v) is 5.04. The number of hydrogen-bond donors (Lipinski definition) is 1. The van der Waals surface area contributed by atoms with Crippen LogP contribution in [0.3, 0.4) is 0 Å². The van der Waals surface area contributed by atoms with Gasteiger partial charge in [0.25, 0.3) is 0 Å². The number of thiophene rings is 1. The van der Waals surface area contributed by atoms with Crippen LogP contribution < -0.4 is 5.32 Å². The van der Waals surface area contributed by atoms with Gasteiger partial charge in [0.05, 0.1) is 12.6 Å². The molecule has 3 aromatic rings. The van der Waals surface area contributed by atoms with Crippen LogP contribution in [0.5, 0.6) is 0 Å². The lowest BCUT2D eigenvalue weighted by atomic mass is 10.1. The van der Waals surface area contributed by atoms with Crippen molar-refractivity contribution in [1.82, 2.24) is 10.2 Å². The number of carbonyl (C=O) groups excluding carboxylic acids is 1. The molecule has 25 heavy (non-hydrogen) atoms. The number of amides is 1. The minimum atomic E-state index is 0.0373. The monoisotopic (exact) mass is 350 g/mol. The summed E-state index contributed by atoms with van der Waals surface area (Å²) in [6.07, 6.45) is 0. The predicted octanol–water partition coefficient (Wildman–Crippen LogP) is 4.09. The molecule has 1 N–H and O–H groups in total. The lowest BCUT2D eigenvalue weighted by Crippen LogP contribution is -2.36. The third-order valence-electron chi connectivity index (χ3n) is 4.11. The zero-order chi connectivity index (χ0) is 17.5. The molecule has 0 bridgehead atoms. The number of likely N-dealkylation sites (N-methyl/N-ethyl adjacent to an activating group) is 1. The molecule has 128 valence electrons. The quantitative estimate of drug-likeness (QED) is 0.696. The van der Waals surface area contributed by atoms with Crippen molar-refractivity contribution in [2.24, 2.45) is 0 Å². The van der Waals surface area contributed by atoms with Gasteiger partial charge in [0.1, 0.15) is 0 Å². The van der Waals surface area contributed by atoms with E-state index < -0.39 is 0 Å². The van der Waals surface area contributed by atoms with E-state index in [4.69, 9.17) is 0 Å². The normalized spacial score (nSPS) is 11.9. The van der Waals surface area contributed by atoms with E-state index in [9.17, 15) is 4.79 Å². The van der Waals surface area contributed by atoms with Crippen LogP contribution in [0.1, 0.15) is 22.0 Å². The van der Waals surface area contributed by atoms with Gasteiger partial charge in [-0.15, -0.1) is 11.3 Å². The molecule has 0 aliphatic heterocycles. The molecule has 0 fully saturated rings. The van der Waals surface area contributed by atoms with E-state index in [-0.39, 0.29) is 11.9 Å². The molecule has 0 saturated heterocycles. The highest BCUT2D eigenvalue weighted by molar-refractivity contribution is 7.10. The average Bonchev–Trinajstić information content (AvgIpc) is 3.18. The van der Waals surface area contributed by atoms with E-state index in [1.165, 1.54) is 10.4 Å². The fourth-order valence-corrected chi connectivity index (χ4v) is 3.58. The number of benzene rings is 2. The Kier molecular flexibility index (Phi) is 5.99. The lowest BCUT2D eigenvalue weighted by Gasteiger charge is -2.21. The van der Waals surface area contributed by atoms with Gasteiger partial charge >= 0.3 is 0 Å². The number of carbonyl (C=O) groups is 1. The first-order chi connectivity index (χ1) is 12.2. The summed E-state index contributed by atoms with van der Waals surface area (Å²) in [5.41, 5.74) is 2.31. The molecule has 1 amide bonds. The summed E-state index contributed by atoms with van der Waals surface area (Å²) in [5, 5.41) is 5.49. The molecular formula is C21H22N2OS. The number of nitrogens with zero attached hydrogens (tertiary/aromatic N) is 1. The van der Waals surface area contributed by atoms with Gasteiger partial charge in [0.15, 0.2) is 0 Å². The molecule has 0 aliphatic rings. The second-order valence-electron chi connectivity index (χ2n) is 5.98. The molecule has 2 aromatic carbocycles. The van der Waals surface area contributed by atoms with Gasteiger partial charge < -0.3 is 4.90 Å². The Morgan fingerprint density at radius 2 is 1.68 bits per heavy atom. The van der Waals surface area contributed by atoms with Crippen molar-refractivity contribution in [2.75, 3.05) is 13.6 Å². The van der Waals surface area contributed by atoms with Gasteiger partial charge in [0.2, 0.25) is 5.91 Å². The first kappa shape index (κ1) is 17.4. The second-order valence-corrected chi connectivity index (χ2v) is 6.95. The topological polar surface area (TPSA) is 32.3 Å². The average molecular weight is 350 g/mol. The first-order valence-corrected chi connectivity index (χ1v) is 9.21. The number of rotatable bonds is 7. The lowest BCUT2D eigenvalue weighted by molar-refractivity contribution is -0.129. The van der Waals surface area contributed by atoms with Gasteiger partial charge in [-0.1, -0.05) is 66.7 Å². The number of hydrogen-bond acceptors (Lipinski definition) is 3. The third kappa shape index (κ3) is 4.78. The maximum atomic E-state index is 12.5. The Morgan fingerprint density at radius 1 is 1.00 bits per heavy atom. The molecule has 1 aromatic heterocycles. The maximum absolute atomic E-state index is 12.5. The van der Waals surface area contributed by atoms with Crippen LogP contribution in [0.4, 0.5) is 0 Å². The molecule has 0 unspecified atom stereocenters. The summed E-state index contributed by atoms with van der Waals surface area (Å²) in [5.74, 6) is 0.0846. The molecular weight excluding hydrogens is 328 g/mol. The highest BCUT2D eigenvalue weighted by atomic mass is 32.1. The number of nitrogens with one attached hydrogen (secondary N) is 1. The summed E-state index contributed by atoms with van der Waals surface area (Å²) < 4.78 is 0. The van der Waals surface area contributed by atoms with E-state index in [0.717, 1.165) is 5.56 Å². The largest absolute Gasteiger partial charge is 0.340 e. The fraction of sp³-hybridized carbons (Fsp3) is 0.190. The summed E-state index contributed by atoms with van der Waals surface area (Å²) in [7, 11) is 1.85. The summed E-state index contributed by atoms with van der Waals surface area (Å²) in [6.45, 7) is 0.928. The van der Waals surface area contributed by atoms with Crippen LogP contribution in [-0.4, -0.2) is 24.4 Å². The van der Waals surface area contributed by atoms with Crippen LogP contribution >= 0.6 is 11.3 Å². The van der Waals surface area contributed by atoms with E-state index in [1.54, 1.807) is 16.2 Å². The molecule has 1 atom stereocenters. The smallest absolute Gasteiger partial charge is 0.236 e. The van der Waals surface area contributed by atoms with Crippen molar-refractivity contribution in [2.45, 2.75) is 12.6 Å². The zero-order valence-corrected chi connectivity index (χ0v) is 15.1. The van der Waals surface area contributed by atoms with Crippen LogP contribution in [0.25, 0.3) is 0 Å². The van der Waals surface area contributed by atoms with Gasteiger partial charge in [-0.2, -0.15) is 0 Å². The van der Waals surface area contributed by atoms with Crippen molar-refractivity contribution < 1.29 is 4.79 Å².